The van der Waals surface area contributed by atoms with Crippen LogP contribution in [0.5, 0.6) is 5.75 Å². The number of anilines is 1. The lowest BCUT2D eigenvalue weighted by Gasteiger charge is -2.16. The number of nitrogens with one attached hydrogen (secondary N) is 2. The van der Waals surface area contributed by atoms with E-state index in [-0.39, 0.29) is 0 Å². The number of hydrogen-bond donors (Lipinski definition) is 2. The summed E-state index contributed by atoms with van der Waals surface area (Å²) in [7, 11) is 1.57. The molecule has 1 heterocycles. The molecule has 1 saturated heterocycles. The fourth-order valence-electron chi connectivity index (χ4n) is 3.37. The van der Waals surface area contributed by atoms with Gasteiger partial charge in [0.1, 0.15) is 18.0 Å². The summed E-state index contributed by atoms with van der Waals surface area (Å²) >= 11 is 0. The molecular weight excluding hydrogens is 393 g/mol. The Morgan fingerprint density at radius 1 is 1.00 bits per heavy atom. The maximum absolute atomic E-state index is 13.8. The van der Waals surface area contributed by atoms with E-state index in [9.17, 15) is 22.0 Å². The van der Waals surface area contributed by atoms with Gasteiger partial charge in [0.2, 0.25) is 5.82 Å². The molecule has 0 amide bonds. The van der Waals surface area contributed by atoms with Crippen LogP contribution >= 0.6 is 0 Å². The molecule has 1 fully saturated rings. The minimum absolute atomic E-state index is 0.314. The predicted octanol–water partition coefficient (Wildman–Crippen LogP) is 3.41. The first-order chi connectivity index (χ1) is 13.8. The monoisotopic (exact) mass is 414 g/mol. The van der Waals surface area contributed by atoms with Crippen molar-refractivity contribution in [1.29, 1.82) is 0 Å². The van der Waals surface area contributed by atoms with Crippen LogP contribution in [-0.2, 0) is 6.54 Å². The Bertz CT molecular complexity index is 913. The molecule has 1 aliphatic rings. The van der Waals surface area contributed by atoms with Crippen LogP contribution in [0, 0.1) is 29.1 Å². The van der Waals surface area contributed by atoms with Gasteiger partial charge in [0.25, 0.3) is 0 Å². The molecule has 0 bridgehead atoms. The van der Waals surface area contributed by atoms with E-state index in [0.29, 0.717) is 17.0 Å². The number of methoxy groups -OCH3 is 1. The number of benzene rings is 2. The zero-order valence-electron chi connectivity index (χ0n) is 16.0. The molecule has 0 saturated carbocycles. The van der Waals surface area contributed by atoms with Crippen LogP contribution in [-0.4, -0.2) is 25.9 Å². The van der Waals surface area contributed by atoms with Crippen LogP contribution in [0.3, 0.4) is 0 Å². The number of nitrogens with zero attached hydrogens (tertiary/aromatic N) is 1. The van der Waals surface area contributed by atoms with Crippen LogP contribution in [0.2, 0.25) is 0 Å². The lowest BCUT2D eigenvalue weighted by atomic mass is 10.1. The summed E-state index contributed by atoms with van der Waals surface area (Å²) in [5.74, 6) is -9.49. The Balaban J connectivity index is 1.87. The standard InChI is InChI=1S/C20H20F5N3O/c1-11(26-27-20-18(24)16(22)15(21)17(23)19(20)25)12-5-6-14(29-2)13(9-12)10-28-7-3-4-8-28/h5-6,9,27H,3-4,7-8,10H2,1-2H3/p+1/b26-11-. The highest BCUT2D eigenvalue weighted by Crippen LogP contribution is 2.27. The summed E-state index contributed by atoms with van der Waals surface area (Å²) in [6.07, 6.45) is 2.34. The molecule has 9 heteroatoms. The Kier molecular flexibility index (Phi) is 6.36. The Labute approximate surface area is 165 Å². The topological polar surface area (TPSA) is 38.1 Å². The molecule has 4 nitrogen and oxygen atoms in total. The van der Waals surface area contributed by atoms with Crippen molar-refractivity contribution in [3.63, 3.8) is 0 Å². The van der Waals surface area contributed by atoms with Gasteiger partial charge in [-0.25, -0.2) is 22.0 Å². The number of halogens is 5. The zero-order chi connectivity index (χ0) is 21.1. The molecule has 0 atom stereocenters. The highest BCUT2D eigenvalue weighted by Gasteiger charge is 2.25. The molecule has 0 aliphatic carbocycles. The van der Waals surface area contributed by atoms with Crippen molar-refractivity contribution >= 4 is 11.4 Å². The summed E-state index contributed by atoms with van der Waals surface area (Å²) in [4.78, 5) is 1.43. The number of likely N-dealkylation sites (tertiary alicyclic amines) is 1. The van der Waals surface area contributed by atoms with Crippen molar-refractivity contribution in [3.05, 3.63) is 58.4 Å². The molecular formula is C20H21F5N3O+. The molecule has 0 aromatic heterocycles. The van der Waals surface area contributed by atoms with Crippen molar-refractivity contribution in [1.82, 2.24) is 0 Å². The van der Waals surface area contributed by atoms with E-state index in [1.165, 1.54) is 17.7 Å². The van der Waals surface area contributed by atoms with Crippen LogP contribution in [0.1, 0.15) is 30.9 Å². The summed E-state index contributed by atoms with van der Waals surface area (Å²) in [6.45, 7) is 4.47. The van der Waals surface area contributed by atoms with E-state index in [1.807, 2.05) is 11.5 Å². The lowest BCUT2D eigenvalue weighted by Crippen LogP contribution is -3.08. The molecule has 3 rings (SSSR count). The summed E-state index contributed by atoms with van der Waals surface area (Å²) in [6, 6.07) is 5.32. The molecule has 2 aromatic rings. The minimum atomic E-state index is -2.21. The maximum Gasteiger partial charge on any atom is 0.200 e. The number of hydrazone groups is 1. The molecule has 2 N–H and O–H groups in total. The van der Waals surface area contributed by atoms with Crippen molar-refractivity contribution in [3.8, 4) is 5.75 Å². The molecule has 156 valence electrons. The molecule has 2 aromatic carbocycles. The van der Waals surface area contributed by atoms with Gasteiger partial charge in [-0.05, 0) is 30.7 Å². The first-order valence-corrected chi connectivity index (χ1v) is 9.16. The van der Waals surface area contributed by atoms with Gasteiger partial charge >= 0.3 is 0 Å². The van der Waals surface area contributed by atoms with Crippen molar-refractivity contribution < 1.29 is 31.6 Å². The fourth-order valence-corrected chi connectivity index (χ4v) is 3.37. The summed E-state index contributed by atoms with van der Waals surface area (Å²) in [5.41, 5.74) is 2.67. The third kappa shape index (κ3) is 4.34. The Morgan fingerprint density at radius 3 is 2.17 bits per heavy atom. The van der Waals surface area contributed by atoms with E-state index < -0.39 is 34.8 Å². The molecule has 29 heavy (non-hydrogen) atoms. The Hall–Kier alpha value is -2.68. The number of quaternary nitrogens is 1. The zero-order valence-corrected chi connectivity index (χ0v) is 16.0. The predicted molar refractivity (Wildman–Crippen MR) is 98.7 cm³/mol. The van der Waals surface area contributed by atoms with Gasteiger partial charge in [0.15, 0.2) is 23.3 Å². The number of hydrogen-bond acceptors (Lipinski definition) is 3. The van der Waals surface area contributed by atoms with Crippen LogP contribution in [0.15, 0.2) is 23.3 Å². The van der Waals surface area contributed by atoms with Crippen molar-refractivity contribution in [2.75, 3.05) is 25.6 Å². The van der Waals surface area contributed by atoms with Gasteiger partial charge < -0.3 is 9.64 Å². The first kappa shape index (κ1) is 21.0. The van der Waals surface area contributed by atoms with Gasteiger partial charge in [0.05, 0.1) is 25.9 Å². The van der Waals surface area contributed by atoms with Crippen LogP contribution in [0.4, 0.5) is 27.6 Å². The van der Waals surface area contributed by atoms with Crippen molar-refractivity contribution in [2.24, 2.45) is 5.10 Å². The molecule has 1 aliphatic heterocycles. The lowest BCUT2D eigenvalue weighted by molar-refractivity contribution is -0.901. The van der Waals surface area contributed by atoms with Crippen LogP contribution < -0.4 is 15.1 Å². The fraction of sp³-hybridized carbons (Fsp3) is 0.350. The quantitative estimate of drug-likeness (QED) is 0.250. The highest BCUT2D eigenvalue weighted by molar-refractivity contribution is 5.99. The Morgan fingerprint density at radius 2 is 1.59 bits per heavy atom. The summed E-state index contributed by atoms with van der Waals surface area (Å²) in [5, 5.41) is 3.81. The van der Waals surface area contributed by atoms with Gasteiger partial charge in [0, 0.05) is 18.4 Å². The molecule has 0 radical (unpaired) electrons. The number of rotatable bonds is 6. The van der Waals surface area contributed by atoms with E-state index in [1.54, 1.807) is 26.2 Å². The maximum atomic E-state index is 13.8. The summed E-state index contributed by atoms with van der Waals surface area (Å²) < 4.78 is 72.7. The molecule has 0 unspecified atom stereocenters. The highest BCUT2D eigenvalue weighted by atomic mass is 19.2. The van der Waals surface area contributed by atoms with Gasteiger partial charge in [-0.15, -0.1) is 0 Å². The van der Waals surface area contributed by atoms with Gasteiger partial charge in [-0.3, -0.25) is 5.43 Å². The third-order valence-electron chi connectivity index (χ3n) is 4.99. The molecule has 0 spiro atoms. The second-order valence-electron chi connectivity index (χ2n) is 6.91. The normalized spacial score (nSPS) is 15.1. The van der Waals surface area contributed by atoms with E-state index in [4.69, 9.17) is 4.74 Å². The van der Waals surface area contributed by atoms with Crippen molar-refractivity contribution in [2.45, 2.75) is 26.3 Å². The first-order valence-electron chi connectivity index (χ1n) is 9.16. The van der Waals surface area contributed by atoms with E-state index in [0.717, 1.165) is 25.2 Å². The minimum Gasteiger partial charge on any atom is -0.496 e. The number of ether oxygens (including phenoxy) is 1. The largest absolute Gasteiger partial charge is 0.496 e. The van der Waals surface area contributed by atoms with Crippen LogP contribution in [0.25, 0.3) is 0 Å². The second kappa shape index (κ2) is 8.77. The average molecular weight is 414 g/mol. The third-order valence-corrected chi connectivity index (χ3v) is 4.99. The SMILES string of the molecule is COc1ccc(/C(C)=N\Nc2c(F)c(F)c(F)c(F)c2F)cc1C[NH+]1CCCC1. The average Bonchev–Trinajstić information content (AvgIpc) is 3.23. The second-order valence-corrected chi connectivity index (χ2v) is 6.91. The van der Waals surface area contributed by atoms with E-state index >= 15 is 0 Å². The van der Waals surface area contributed by atoms with Gasteiger partial charge in [-0.2, -0.15) is 5.10 Å². The smallest absolute Gasteiger partial charge is 0.200 e. The van der Waals surface area contributed by atoms with E-state index in [2.05, 4.69) is 5.10 Å². The van der Waals surface area contributed by atoms with Gasteiger partial charge in [-0.1, -0.05) is 0 Å².